The van der Waals surface area contributed by atoms with Crippen LogP contribution < -0.4 is 5.32 Å². The van der Waals surface area contributed by atoms with Crippen molar-refractivity contribution in [2.45, 2.75) is 27.2 Å². The first-order valence-corrected chi connectivity index (χ1v) is 6.53. The molecule has 2 aromatic heterocycles. The lowest BCUT2D eigenvalue weighted by atomic mass is 10.1. The average Bonchev–Trinajstić information content (AvgIpc) is 2.38. The van der Waals surface area contributed by atoms with Crippen LogP contribution in [-0.2, 0) is 6.42 Å². The fraction of sp³-hybridized carbons (Fsp3) is 0.400. The number of nitrogens with one attached hydrogen (secondary N) is 1. The van der Waals surface area contributed by atoms with Gasteiger partial charge in [0.25, 0.3) is 0 Å². The van der Waals surface area contributed by atoms with E-state index in [9.17, 15) is 0 Å². The molecule has 1 N–H and O–H groups in total. The molecule has 0 spiro atoms. The van der Waals surface area contributed by atoms with Gasteiger partial charge >= 0.3 is 0 Å². The van der Waals surface area contributed by atoms with Crippen molar-refractivity contribution in [1.82, 2.24) is 20.3 Å². The Balaban J connectivity index is 2.43. The number of hydrogen-bond acceptors (Lipinski definition) is 4. The molecule has 0 bridgehead atoms. The third kappa shape index (κ3) is 2.96. The number of aryl methyl sites for hydroxylation is 3. The van der Waals surface area contributed by atoms with Gasteiger partial charge in [0.15, 0.2) is 5.82 Å². The summed E-state index contributed by atoms with van der Waals surface area (Å²) in [5.41, 5.74) is 5.53. The Morgan fingerprint density at radius 2 is 1.79 bits per heavy atom. The first kappa shape index (κ1) is 13.6. The van der Waals surface area contributed by atoms with Crippen LogP contribution in [0, 0.1) is 20.8 Å². The van der Waals surface area contributed by atoms with Gasteiger partial charge in [-0.3, -0.25) is 4.98 Å². The van der Waals surface area contributed by atoms with Gasteiger partial charge in [-0.05, 0) is 58.0 Å². The Bertz CT molecular complexity index is 555. The summed E-state index contributed by atoms with van der Waals surface area (Å²) in [6.45, 7) is 7.09. The van der Waals surface area contributed by atoms with E-state index in [1.807, 2.05) is 26.2 Å². The Morgan fingerprint density at radius 1 is 1.11 bits per heavy atom. The van der Waals surface area contributed by atoms with Crippen LogP contribution >= 0.6 is 0 Å². The molecule has 2 heterocycles. The highest BCUT2D eigenvalue weighted by Crippen LogP contribution is 2.21. The van der Waals surface area contributed by atoms with E-state index in [0.29, 0.717) is 0 Å². The van der Waals surface area contributed by atoms with Crippen molar-refractivity contribution >= 4 is 0 Å². The first-order chi connectivity index (χ1) is 9.13. The Hall–Kier alpha value is -1.81. The molecule has 4 nitrogen and oxygen atoms in total. The summed E-state index contributed by atoms with van der Waals surface area (Å²) < 4.78 is 0. The maximum atomic E-state index is 4.65. The molecule has 0 radical (unpaired) electrons. The summed E-state index contributed by atoms with van der Waals surface area (Å²) in [6.07, 6.45) is 4.59. The van der Waals surface area contributed by atoms with Crippen molar-refractivity contribution in [3.8, 4) is 11.4 Å². The molecule has 0 saturated carbocycles. The maximum Gasteiger partial charge on any atom is 0.160 e. The summed E-state index contributed by atoms with van der Waals surface area (Å²) in [5, 5.41) is 3.16. The van der Waals surface area contributed by atoms with Gasteiger partial charge in [0.2, 0.25) is 0 Å². The standard InChI is InChI=1S/C15H20N4/c1-10-9-17-8-6-13(10)15-18-11(2)14(5-7-16-4)12(3)19-15/h6,8-9,16H,5,7H2,1-4H3. The zero-order chi connectivity index (χ0) is 13.8. The predicted molar refractivity (Wildman–Crippen MR) is 77.1 cm³/mol. The second kappa shape index (κ2) is 5.89. The lowest BCUT2D eigenvalue weighted by Gasteiger charge is -2.11. The molecule has 2 aromatic rings. The predicted octanol–water partition coefficient (Wildman–Crippen LogP) is 2.23. The van der Waals surface area contributed by atoms with E-state index >= 15 is 0 Å². The van der Waals surface area contributed by atoms with E-state index in [1.54, 1.807) is 6.20 Å². The normalized spacial score (nSPS) is 10.7. The van der Waals surface area contributed by atoms with E-state index in [4.69, 9.17) is 0 Å². The third-order valence-corrected chi connectivity index (χ3v) is 3.31. The molecule has 100 valence electrons. The fourth-order valence-electron chi connectivity index (χ4n) is 2.20. The van der Waals surface area contributed by atoms with Gasteiger partial charge in [-0.25, -0.2) is 9.97 Å². The third-order valence-electron chi connectivity index (χ3n) is 3.31. The first-order valence-electron chi connectivity index (χ1n) is 6.53. The molecule has 0 aliphatic heterocycles. The van der Waals surface area contributed by atoms with Crippen LogP contribution in [0.15, 0.2) is 18.5 Å². The fourth-order valence-corrected chi connectivity index (χ4v) is 2.20. The monoisotopic (exact) mass is 256 g/mol. The summed E-state index contributed by atoms with van der Waals surface area (Å²) in [5.74, 6) is 0.795. The number of rotatable bonds is 4. The molecule has 0 unspecified atom stereocenters. The van der Waals surface area contributed by atoms with Crippen molar-refractivity contribution in [1.29, 1.82) is 0 Å². The maximum absolute atomic E-state index is 4.65. The smallest absolute Gasteiger partial charge is 0.160 e. The van der Waals surface area contributed by atoms with Crippen LogP contribution in [0.2, 0.25) is 0 Å². The minimum atomic E-state index is 0.795. The van der Waals surface area contributed by atoms with E-state index < -0.39 is 0 Å². The van der Waals surface area contributed by atoms with Crippen LogP contribution in [0.1, 0.15) is 22.5 Å². The van der Waals surface area contributed by atoms with Crippen molar-refractivity contribution < 1.29 is 0 Å². The molecular weight excluding hydrogens is 236 g/mol. The van der Waals surface area contributed by atoms with Gasteiger partial charge in [0.1, 0.15) is 0 Å². The minimum absolute atomic E-state index is 0.795. The van der Waals surface area contributed by atoms with Crippen LogP contribution in [0.25, 0.3) is 11.4 Å². The summed E-state index contributed by atoms with van der Waals surface area (Å²) >= 11 is 0. The molecule has 0 fully saturated rings. The highest BCUT2D eigenvalue weighted by molar-refractivity contribution is 5.59. The zero-order valence-corrected chi connectivity index (χ0v) is 12.0. The molecule has 0 atom stereocenters. The number of aromatic nitrogens is 3. The number of pyridine rings is 1. The van der Waals surface area contributed by atoms with Crippen LogP contribution in [0.5, 0.6) is 0 Å². The molecule has 0 aliphatic rings. The van der Waals surface area contributed by atoms with Crippen molar-refractivity contribution in [2.75, 3.05) is 13.6 Å². The lowest BCUT2D eigenvalue weighted by Crippen LogP contribution is -2.13. The van der Waals surface area contributed by atoms with E-state index in [2.05, 4.69) is 34.1 Å². The Labute approximate surface area is 114 Å². The van der Waals surface area contributed by atoms with Crippen LogP contribution in [0.3, 0.4) is 0 Å². The van der Waals surface area contributed by atoms with Gasteiger partial charge in [-0.2, -0.15) is 0 Å². The van der Waals surface area contributed by atoms with Gasteiger partial charge in [-0.1, -0.05) is 0 Å². The quantitative estimate of drug-likeness (QED) is 0.911. The molecule has 19 heavy (non-hydrogen) atoms. The molecule has 0 saturated heterocycles. The minimum Gasteiger partial charge on any atom is -0.319 e. The highest BCUT2D eigenvalue weighted by Gasteiger charge is 2.11. The number of hydrogen-bond donors (Lipinski definition) is 1. The second-order valence-electron chi connectivity index (χ2n) is 4.74. The van der Waals surface area contributed by atoms with Crippen molar-refractivity contribution in [3.05, 3.63) is 41.0 Å². The summed E-state index contributed by atoms with van der Waals surface area (Å²) in [6, 6.07) is 1.97. The Kier molecular flexibility index (Phi) is 4.22. The number of nitrogens with zero attached hydrogens (tertiary/aromatic N) is 3. The molecule has 0 amide bonds. The molecule has 4 heteroatoms. The van der Waals surface area contributed by atoms with Crippen molar-refractivity contribution in [3.63, 3.8) is 0 Å². The Morgan fingerprint density at radius 3 is 2.37 bits per heavy atom. The van der Waals surface area contributed by atoms with Gasteiger partial charge in [-0.15, -0.1) is 0 Å². The van der Waals surface area contributed by atoms with Crippen LogP contribution in [0.4, 0.5) is 0 Å². The largest absolute Gasteiger partial charge is 0.319 e. The lowest BCUT2D eigenvalue weighted by molar-refractivity contribution is 0.774. The number of likely N-dealkylation sites (N-methyl/N-ethyl adjacent to an activating group) is 1. The SMILES string of the molecule is CNCCc1c(C)nc(-c2ccncc2C)nc1C. The molecule has 0 aliphatic carbocycles. The molecule has 2 rings (SSSR count). The zero-order valence-electron chi connectivity index (χ0n) is 12.0. The van der Waals surface area contributed by atoms with E-state index in [-0.39, 0.29) is 0 Å². The average molecular weight is 256 g/mol. The molecular formula is C15H20N4. The van der Waals surface area contributed by atoms with E-state index in [0.717, 1.165) is 41.3 Å². The van der Waals surface area contributed by atoms with Crippen LogP contribution in [-0.4, -0.2) is 28.5 Å². The summed E-state index contributed by atoms with van der Waals surface area (Å²) in [4.78, 5) is 13.4. The van der Waals surface area contributed by atoms with Gasteiger partial charge in [0.05, 0.1) is 0 Å². The van der Waals surface area contributed by atoms with Gasteiger partial charge < -0.3 is 5.32 Å². The highest BCUT2D eigenvalue weighted by atomic mass is 14.9. The van der Waals surface area contributed by atoms with E-state index in [1.165, 1.54) is 5.56 Å². The van der Waals surface area contributed by atoms with Crippen molar-refractivity contribution in [2.24, 2.45) is 0 Å². The summed E-state index contributed by atoms with van der Waals surface area (Å²) in [7, 11) is 1.96. The second-order valence-corrected chi connectivity index (χ2v) is 4.74. The molecule has 0 aromatic carbocycles. The van der Waals surface area contributed by atoms with Gasteiger partial charge in [0, 0.05) is 29.3 Å². The topological polar surface area (TPSA) is 50.7 Å².